The summed E-state index contributed by atoms with van der Waals surface area (Å²) in [5.41, 5.74) is 14.2. The van der Waals surface area contributed by atoms with Gasteiger partial charge in [-0.2, -0.15) is 0 Å². The Morgan fingerprint density at radius 2 is 1.24 bits per heavy atom. The average Bonchev–Trinajstić information content (AvgIpc) is 3.64. The third-order valence-corrected chi connectivity index (χ3v) is 17.8. The van der Waals surface area contributed by atoms with E-state index in [9.17, 15) is 0 Å². The molecule has 0 amide bonds. The van der Waals surface area contributed by atoms with Gasteiger partial charge in [-0.15, -0.1) is 0 Å². The van der Waals surface area contributed by atoms with Crippen LogP contribution in [-0.2, 0) is 12.8 Å². The van der Waals surface area contributed by atoms with E-state index in [1.165, 1.54) is 89.2 Å². The fraction of sp³-hybridized carbons (Fsp3) is 0.0784. The molecule has 2 aromatic heterocycles. The Morgan fingerprint density at radius 3 is 2.02 bits per heavy atom. The first kappa shape index (κ1) is 33.3. The van der Waals surface area contributed by atoms with Crippen molar-refractivity contribution in [3.63, 3.8) is 0 Å². The molecule has 58 heavy (non-hydrogen) atoms. The van der Waals surface area contributed by atoms with Crippen molar-refractivity contribution < 1.29 is 0 Å². The molecule has 7 heteroatoms. The maximum absolute atomic E-state index is 4.66. The monoisotopic (exact) mass is 759 g/mol. The smallest absolute Gasteiger partial charge is 0.246 e. The van der Waals surface area contributed by atoms with Crippen LogP contribution in [0.5, 0.6) is 0 Å². The molecule has 0 radical (unpaired) electrons. The van der Waals surface area contributed by atoms with E-state index in [4.69, 9.17) is 0 Å². The highest BCUT2D eigenvalue weighted by Gasteiger charge is 2.53. The van der Waals surface area contributed by atoms with Gasteiger partial charge in [0.1, 0.15) is 12.7 Å². The highest BCUT2D eigenvalue weighted by molar-refractivity contribution is 7.26. The Morgan fingerprint density at radius 1 is 0.534 bits per heavy atom. The standard InChI is InChI=1S/C51H38BN5Si/c1-4-15-36(16-5-1)56-46-30-28-37(57-44-23-12-10-21-40(44)41-22-11-13-24-45(41)57)32-43(46)52-42-29-27-35(51-54-33-53-34-55-51)31-49(42)58(38-17-6-2-7-18-38,39-19-8-3-9-20-39)48-26-14-25-47(56)50(48)52/h1-10,12,14-21,23,25-34H,11,13,22,24H2. The Bertz CT molecular complexity index is 2980. The third kappa shape index (κ3) is 4.74. The number of aromatic nitrogens is 4. The van der Waals surface area contributed by atoms with E-state index < -0.39 is 8.07 Å². The summed E-state index contributed by atoms with van der Waals surface area (Å²) < 4.78 is 2.58. The molecule has 7 aromatic carbocycles. The fourth-order valence-corrected chi connectivity index (χ4v) is 16.0. The van der Waals surface area contributed by atoms with Gasteiger partial charge in [-0.25, -0.2) is 15.0 Å². The molecule has 0 N–H and O–H groups in total. The van der Waals surface area contributed by atoms with Crippen LogP contribution in [0.3, 0.4) is 0 Å². The Labute approximate surface area is 339 Å². The van der Waals surface area contributed by atoms with E-state index in [1.807, 2.05) is 0 Å². The minimum Gasteiger partial charge on any atom is -0.313 e. The minimum absolute atomic E-state index is 0.00535. The summed E-state index contributed by atoms with van der Waals surface area (Å²) in [6.45, 7) is -0.00535. The lowest BCUT2D eigenvalue weighted by molar-refractivity contribution is 0.667. The molecule has 0 fully saturated rings. The van der Waals surface area contributed by atoms with Crippen LogP contribution in [0.1, 0.15) is 24.1 Å². The van der Waals surface area contributed by atoms with E-state index in [2.05, 4.69) is 194 Å². The summed E-state index contributed by atoms with van der Waals surface area (Å²) >= 11 is 0. The Kier molecular flexibility index (Phi) is 7.54. The van der Waals surface area contributed by atoms with E-state index in [1.54, 1.807) is 12.7 Å². The van der Waals surface area contributed by atoms with Gasteiger partial charge >= 0.3 is 0 Å². The summed E-state index contributed by atoms with van der Waals surface area (Å²) in [4.78, 5) is 16.0. The van der Waals surface area contributed by atoms with Crippen LogP contribution < -0.4 is 42.0 Å². The number of anilines is 3. The summed E-state index contributed by atoms with van der Waals surface area (Å²) in [7, 11) is -2.97. The number of nitrogens with zero attached hydrogens (tertiary/aromatic N) is 5. The van der Waals surface area contributed by atoms with Gasteiger partial charge in [0.05, 0.1) is 5.52 Å². The van der Waals surface area contributed by atoms with Crippen molar-refractivity contribution in [2.24, 2.45) is 0 Å². The molecule has 0 atom stereocenters. The molecule has 0 unspecified atom stereocenters. The normalized spacial score (nSPS) is 14.7. The molecule has 0 saturated heterocycles. The lowest BCUT2D eigenvalue weighted by Gasteiger charge is -2.47. The number of aryl methyl sites for hydroxylation is 1. The zero-order chi connectivity index (χ0) is 38.2. The van der Waals surface area contributed by atoms with Gasteiger partial charge in [0, 0.05) is 39.4 Å². The molecular weight excluding hydrogens is 721 g/mol. The molecule has 0 spiro atoms. The van der Waals surface area contributed by atoms with Gasteiger partial charge in [0.15, 0.2) is 13.9 Å². The maximum atomic E-state index is 4.66. The number of benzene rings is 7. The van der Waals surface area contributed by atoms with Crippen molar-refractivity contribution in [1.29, 1.82) is 0 Å². The number of hydrogen-bond acceptors (Lipinski definition) is 4. The fourth-order valence-electron chi connectivity index (χ4n) is 10.7. The molecule has 1 aliphatic carbocycles. The van der Waals surface area contributed by atoms with Crippen LogP contribution >= 0.6 is 0 Å². The average molecular weight is 760 g/mol. The van der Waals surface area contributed by atoms with E-state index in [0.717, 1.165) is 24.1 Å². The second-order valence-corrected chi connectivity index (χ2v) is 19.5. The van der Waals surface area contributed by atoms with E-state index >= 15 is 0 Å². The van der Waals surface area contributed by atoms with Gasteiger partial charge in [-0.05, 0) is 105 Å². The van der Waals surface area contributed by atoms with Crippen LogP contribution in [-0.4, -0.2) is 34.3 Å². The Hall–Kier alpha value is -6.83. The Balaban J connectivity index is 1.21. The van der Waals surface area contributed by atoms with Gasteiger partial charge in [-0.1, -0.05) is 133 Å². The molecule has 0 bridgehead atoms. The molecule has 3 aliphatic rings. The van der Waals surface area contributed by atoms with Crippen LogP contribution in [0.25, 0.3) is 28.0 Å². The van der Waals surface area contributed by atoms with Crippen molar-refractivity contribution in [3.8, 4) is 17.1 Å². The van der Waals surface area contributed by atoms with Crippen molar-refractivity contribution in [3.05, 3.63) is 194 Å². The minimum atomic E-state index is -2.97. The number of hydrogen-bond donors (Lipinski definition) is 0. The van der Waals surface area contributed by atoms with Gasteiger partial charge in [0.2, 0.25) is 6.71 Å². The zero-order valence-corrected chi connectivity index (χ0v) is 33.0. The maximum Gasteiger partial charge on any atom is 0.246 e. The predicted octanol–water partition coefficient (Wildman–Crippen LogP) is 6.35. The lowest BCUT2D eigenvalue weighted by atomic mass is 9.34. The molecule has 2 aliphatic heterocycles. The lowest BCUT2D eigenvalue weighted by Crippen LogP contribution is -2.87. The summed E-state index contributed by atoms with van der Waals surface area (Å²) in [5.74, 6) is 0.687. The molecule has 0 saturated carbocycles. The zero-order valence-electron chi connectivity index (χ0n) is 32.0. The first-order valence-electron chi connectivity index (χ1n) is 20.4. The van der Waals surface area contributed by atoms with Crippen molar-refractivity contribution in [2.45, 2.75) is 25.7 Å². The van der Waals surface area contributed by atoms with Crippen LogP contribution in [0.15, 0.2) is 183 Å². The molecule has 274 valence electrons. The number of rotatable bonds is 5. The van der Waals surface area contributed by atoms with Gasteiger partial charge < -0.3 is 9.47 Å². The van der Waals surface area contributed by atoms with E-state index in [0.29, 0.717) is 5.82 Å². The van der Waals surface area contributed by atoms with Gasteiger partial charge in [-0.3, -0.25) is 0 Å². The molecular formula is C51H38BN5Si. The highest BCUT2D eigenvalue weighted by Crippen LogP contribution is 2.39. The number of fused-ring (bicyclic) bond motifs is 7. The third-order valence-electron chi connectivity index (χ3n) is 13.0. The topological polar surface area (TPSA) is 46.8 Å². The van der Waals surface area contributed by atoms with Crippen molar-refractivity contribution >= 4 is 79.9 Å². The largest absolute Gasteiger partial charge is 0.313 e. The quantitative estimate of drug-likeness (QED) is 0.192. The summed E-state index contributed by atoms with van der Waals surface area (Å²) in [5, 5.41) is 6.92. The SMILES string of the molecule is c1ccc(N2c3ccc(-n4c5c(c6ccccc64)CCCC5)cc3B3c4ccc(-c5ncncn5)cc4[Si](c4ccccc4)(c4ccccc4)c4cccc2c43)cc1. The molecule has 9 aromatic rings. The first-order chi connectivity index (χ1) is 28.8. The van der Waals surface area contributed by atoms with Gasteiger partial charge in [0.25, 0.3) is 0 Å². The molecule has 5 nitrogen and oxygen atoms in total. The molecule has 12 rings (SSSR count). The summed E-state index contributed by atoms with van der Waals surface area (Å²) in [6, 6.07) is 64.0. The predicted molar refractivity (Wildman–Crippen MR) is 242 cm³/mol. The second kappa shape index (κ2) is 13.1. The van der Waals surface area contributed by atoms with Crippen molar-refractivity contribution in [2.75, 3.05) is 4.90 Å². The van der Waals surface area contributed by atoms with Crippen LogP contribution in [0, 0.1) is 0 Å². The van der Waals surface area contributed by atoms with Crippen molar-refractivity contribution in [1.82, 2.24) is 19.5 Å². The number of para-hydroxylation sites is 2. The highest BCUT2D eigenvalue weighted by atomic mass is 28.3. The first-order valence-corrected chi connectivity index (χ1v) is 22.4. The van der Waals surface area contributed by atoms with Crippen LogP contribution in [0.4, 0.5) is 17.1 Å². The summed E-state index contributed by atoms with van der Waals surface area (Å²) in [6.07, 6.45) is 7.90. The second-order valence-electron chi connectivity index (χ2n) is 15.8. The molecule has 4 heterocycles. The van der Waals surface area contributed by atoms with Crippen LogP contribution in [0.2, 0.25) is 0 Å². The van der Waals surface area contributed by atoms with E-state index in [-0.39, 0.29) is 6.71 Å².